The van der Waals surface area contributed by atoms with E-state index in [1.54, 1.807) is 18.2 Å². The number of benzene rings is 1. The maximum atomic E-state index is 11.9. The molecule has 0 spiro atoms. The molecule has 0 radical (unpaired) electrons. The maximum Gasteiger partial charge on any atom is 0.313 e. The van der Waals surface area contributed by atoms with Crippen molar-refractivity contribution in [3.05, 3.63) is 24.3 Å². The van der Waals surface area contributed by atoms with E-state index in [0.717, 1.165) is 0 Å². The van der Waals surface area contributed by atoms with Gasteiger partial charge in [0.15, 0.2) is 0 Å². The molecule has 0 unspecified atom stereocenters. The number of ether oxygens (including phenoxy) is 1. The predicted molar refractivity (Wildman–Crippen MR) is 85.7 cm³/mol. The molecule has 2 amide bonds. The van der Waals surface area contributed by atoms with Gasteiger partial charge in [-0.25, -0.2) is 8.42 Å². The van der Waals surface area contributed by atoms with E-state index in [4.69, 9.17) is 4.74 Å². The van der Waals surface area contributed by atoms with Gasteiger partial charge in [-0.05, 0) is 24.6 Å². The Hall–Kier alpha value is -2.13. The van der Waals surface area contributed by atoms with Crippen LogP contribution in [0.25, 0.3) is 0 Å². The number of amides is 2. The zero-order valence-electron chi connectivity index (χ0n) is 12.7. The third-order valence-corrected chi connectivity index (χ3v) is 5.16. The Morgan fingerprint density at radius 3 is 2.74 bits per heavy atom. The van der Waals surface area contributed by atoms with Crippen LogP contribution in [0.1, 0.15) is 6.42 Å². The molecule has 0 atom stereocenters. The highest BCUT2D eigenvalue weighted by Crippen LogP contribution is 2.26. The molecule has 2 N–H and O–H groups in total. The number of carbonyl (C=O) groups is 2. The second kappa shape index (κ2) is 7.42. The van der Waals surface area contributed by atoms with E-state index in [1.807, 2.05) is 0 Å². The fourth-order valence-corrected chi connectivity index (χ4v) is 3.76. The Labute approximate surface area is 134 Å². The molecule has 8 nitrogen and oxygen atoms in total. The summed E-state index contributed by atoms with van der Waals surface area (Å²) in [6.45, 7) is 0.952. The molecule has 126 valence electrons. The molecule has 9 heteroatoms. The van der Waals surface area contributed by atoms with Crippen LogP contribution in [0.5, 0.6) is 0 Å². The standard InChI is InChI=1S/C14H19N3O5S/c1-22-8-6-15-13(18)14(19)16-11-4-2-5-12(10-11)17-7-3-9-23(17,20)21/h2,4-5,10H,3,6-9H2,1H3,(H,15,18)(H,16,19). The number of hydrogen-bond donors (Lipinski definition) is 2. The molecular weight excluding hydrogens is 322 g/mol. The Bertz CT molecular complexity index is 689. The molecule has 1 aromatic rings. The summed E-state index contributed by atoms with van der Waals surface area (Å²) in [5, 5.41) is 4.85. The van der Waals surface area contributed by atoms with Crippen molar-refractivity contribution in [3.63, 3.8) is 0 Å². The Kier molecular flexibility index (Phi) is 5.56. The molecule has 2 rings (SSSR count). The fraction of sp³-hybridized carbons (Fsp3) is 0.429. The van der Waals surface area contributed by atoms with E-state index in [9.17, 15) is 18.0 Å². The summed E-state index contributed by atoms with van der Waals surface area (Å²) < 4.78 is 29.9. The Morgan fingerprint density at radius 1 is 1.30 bits per heavy atom. The molecule has 1 fully saturated rings. The lowest BCUT2D eigenvalue weighted by atomic mass is 10.2. The van der Waals surface area contributed by atoms with Crippen molar-refractivity contribution in [3.8, 4) is 0 Å². The van der Waals surface area contributed by atoms with Crippen molar-refractivity contribution in [2.24, 2.45) is 0 Å². The zero-order valence-corrected chi connectivity index (χ0v) is 13.6. The Balaban J connectivity index is 2.03. The number of nitrogens with zero attached hydrogens (tertiary/aromatic N) is 1. The van der Waals surface area contributed by atoms with Crippen LogP contribution in [0.3, 0.4) is 0 Å². The molecule has 0 saturated carbocycles. The molecule has 0 bridgehead atoms. The van der Waals surface area contributed by atoms with E-state index >= 15 is 0 Å². The average Bonchev–Trinajstić information content (AvgIpc) is 2.87. The minimum absolute atomic E-state index is 0.117. The van der Waals surface area contributed by atoms with Gasteiger partial charge in [0.25, 0.3) is 0 Å². The molecule has 1 saturated heterocycles. The smallest absolute Gasteiger partial charge is 0.313 e. The van der Waals surface area contributed by atoms with Gasteiger partial charge in [0, 0.05) is 25.9 Å². The van der Waals surface area contributed by atoms with Crippen LogP contribution < -0.4 is 14.9 Å². The minimum atomic E-state index is -3.29. The summed E-state index contributed by atoms with van der Waals surface area (Å²) in [5.41, 5.74) is 0.830. The van der Waals surface area contributed by atoms with Crippen LogP contribution in [0.4, 0.5) is 11.4 Å². The van der Waals surface area contributed by atoms with Crippen LogP contribution in [0, 0.1) is 0 Å². The van der Waals surface area contributed by atoms with Gasteiger partial charge in [-0.2, -0.15) is 0 Å². The third kappa shape index (κ3) is 4.42. The average molecular weight is 341 g/mol. The van der Waals surface area contributed by atoms with Gasteiger partial charge < -0.3 is 15.4 Å². The van der Waals surface area contributed by atoms with Crippen LogP contribution in [0.15, 0.2) is 24.3 Å². The number of methoxy groups -OCH3 is 1. The van der Waals surface area contributed by atoms with Gasteiger partial charge in [-0.15, -0.1) is 0 Å². The summed E-state index contributed by atoms with van der Waals surface area (Å²) in [5.74, 6) is -1.48. The molecule has 1 aromatic carbocycles. The van der Waals surface area contributed by atoms with Crippen LogP contribution in [0.2, 0.25) is 0 Å². The summed E-state index contributed by atoms with van der Waals surface area (Å²) in [6, 6.07) is 6.40. The highest BCUT2D eigenvalue weighted by atomic mass is 32.2. The third-order valence-electron chi connectivity index (χ3n) is 3.29. The normalized spacial score (nSPS) is 16.1. The molecule has 1 aliphatic rings. The first-order chi connectivity index (χ1) is 10.9. The summed E-state index contributed by atoms with van der Waals surface area (Å²) in [7, 11) is -1.80. The molecule has 0 aliphatic carbocycles. The minimum Gasteiger partial charge on any atom is -0.383 e. The van der Waals surface area contributed by atoms with Crippen LogP contribution in [-0.4, -0.2) is 52.8 Å². The number of hydrogen-bond acceptors (Lipinski definition) is 5. The molecular formula is C14H19N3O5S. The van der Waals surface area contributed by atoms with Crippen LogP contribution in [-0.2, 0) is 24.3 Å². The summed E-state index contributed by atoms with van der Waals surface area (Å²) in [6.07, 6.45) is 0.570. The largest absolute Gasteiger partial charge is 0.383 e. The topological polar surface area (TPSA) is 105 Å². The zero-order chi connectivity index (χ0) is 16.9. The monoisotopic (exact) mass is 341 g/mol. The van der Waals surface area contributed by atoms with Crippen molar-refractivity contribution in [2.45, 2.75) is 6.42 Å². The highest BCUT2D eigenvalue weighted by molar-refractivity contribution is 7.93. The van der Waals surface area contributed by atoms with E-state index in [0.29, 0.717) is 30.9 Å². The van der Waals surface area contributed by atoms with Gasteiger partial charge in [0.05, 0.1) is 18.0 Å². The van der Waals surface area contributed by atoms with Gasteiger partial charge in [-0.1, -0.05) is 6.07 Å². The lowest BCUT2D eigenvalue weighted by molar-refractivity contribution is -0.136. The second-order valence-electron chi connectivity index (χ2n) is 4.99. The van der Waals surface area contributed by atoms with Gasteiger partial charge in [0.2, 0.25) is 10.0 Å². The number of nitrogens with one attached hydrogen (secondary N) is 2. The van der Waals surface area contributed by atoms with Crippen molar-refractivity contribution in [2.75, 3.05) is 42.2 Å². The Morgan fingerprint density at radius 2 is 2.09 bits per heavy atom. The lowest BCUT2D eigenvalue weighted by Crippen LogP contribution is -2.37. The number of carbonyl (C=O) groups excluding carboxylic acids is 2. The van der Waals surface area contributed by atoms with Crippen molar-refractivity contribution < 1.29 is 22.7 Å². The van der Waals surface area contributed by atoms with Gasteiger partial charge >= 0.3 is 11.8 Å². The summed E-state index contributed by atoms with van der Waals surface area (Å²) >= 11 is 0. The molecule has 1 heterocycles. The van der Waals surface area contributed by atoms with E-state index < -0.39 is 21.8 Å². The maximum absolute atomic E-state index is 11.9. The van der Waals surface area contributed by atoms with E-state index in [-0.39, 0.29) is 12.3 Å². The van der Waals surface area contributed by atoms with Crippen molar-refractivity contribution >= 4 is 33.2 Å². The number of rotatable bonds is 5. The van der Waals surface area contributed by atoms with Crippen LogP contribution >= 0.6 is 0 Å². The quantitative estimate of drug-likeness (QED) is 0.576. The first-order valence-corrected chi connectivity index (χ1v) is 8.73. The van der Waals surface area contributed by atoms with E-state index in [1.165, 1.54) is 17.5 Å². The van der Waals surface area contributed by atoms with E-state index in [2.05, 4.69) is 10.6 Å². The lowest BCUT2D eigenvalue weighted by Gasteiger charge is -2.17. The second-order valence-corrected chi connectivity index (χ2v) is 7.01. The summed E-state index contributed by atoms with van der Waals surface area (Å²) in [4.78, 5) is 23.4. The van der Waals surface area contributed by atoms with Crippen molar-refractivity contribution in [1.29, 1.82) is 0 Å². The molecule has 0 aromatic heterocycles. The number of sulfonamides is 1. The van der Waals surface area contributed by atoms with Crippen molar-refractivity contribution in [1.82, 2.24) is 5.32 Å². The first-order valence-electron chi connectivity index (χ1n) is 7.12. The predicted octanol–water partition coefficient (Wildman–Crippen LogP) is -0.0724. The highest BCUT2D eigenvalue weighted by Gasteiger charge is 2.28. The fourth-order valence-electron chi connectivity index (χ4n) is 2.20. The first kappa shape index (κ1) is 17.2. The SMILES string of the molecule is COCCNC(=O)C(=O)Nc1cccc(N2CCCS2(=O)=O)c1. The molecule has 23 heavy (non-hydrogen) atoms. The van der Waals surface area contributed by atoms with Gasteiger partial charge in [0.1, 0.15) is 0 Å². The number of anilines is 2. The molecule has 1 aliphatic heterocycles. The van der Waals surface area contributed by atoms with Gasteiger partial charge in [-0.3, -0.25) is 13.9 Å².